The minimum Gasteiger partial charge on any atom is -0.506 e. The first-order valence-electron chi connectivity index (χ1n) is 3.50. The van der Waals surface area contributed by atoms with Crippen molar-refractivity contribution in [3.05, 3.63) is 43.0 Å². The first-order chi connectivity index (χ1) is 6.50. The molecule has 1 N–H and O–H groups in total. The van der Waals surface area contributed by atoms with Gasteiger partial charge < -0.3 is 5.11 Å². The number of benzene rings is 1. The molecule has 0 aliphatic heterocycles. The van der Waals surface area contributed by atoms with Gasteiger partial charge in [-0.25, -0.2) is 0 Å². The van der Waals surface area contributed by atoms with Crippen LogP contribution >= 0.6 is 31.9 Å². The van der Waals surface area contributed by atoms with E-state index in [-0.39, 0.29) is 5.75 Å². The van der Waals surface area contributed by atoms with Crippen molar-refractivity contribution in [2.24, 2.45) is 0 Å². The molecule has 0 atom stereocenters. The summed E-state index contributed by atoms with van der Waals surface area (Å²) in [6.07, 6.45) is 2.18. The number of hydrogen-bond donors (Lipinski definition) is 1. The summed E-state index contributed by atoms with van der Waals surface area (Å²) >= 11 is 6.24. The normalized spacial score (nSPS) is 10.7. The first kappa shape index (κ1) is 11.2. The fraction of sp³-hybridized carbons (Fsp3) is 0. The quantitative estimate of drug-likeness (QED) is 0.672. The van der Waals surface area contributed by atoms with Crippen LogP contribution < -0.4 is 0 Å². The van der Waals surface area contributed by atoms with Crippen LogP contribution in [0.5, 0.6) is 5.75 Å². The first-order valence-corrected chi connectivity index (χ1v) is 5.09. The number of nitrogens with zero attached hydrogens (tertiary/aromatic N) is 1. The van der Waals surface area contributed by atoms with Gasteiger partial charge in [-0.2, -0.15) is 0 Å². The highest BCUT2D eigenvalue weighted by Gasteiger charge is 2.04. The maximum Gasteiger partial charge on any atom is 0.235 e. The summed E-state index contributed by atoms with van der Waals surface area (Å²) in [5.41, 5.74) is 0.623. The molecule has 0 unspecified atom stereocenters. The molecular formula is C8H5Br2NO3. The van der Waals surface area contributed by atoms with Gasteiger partial charge in [0.25, 0.3) is 0 Å². The molecule has 1 aromatic rings. The SMILES string of the molecule is O=[N+]([O-])/C=C\c1cc(Br)c(O)c(Br)c1. The van der Waals surface area contributed by atoms with E-state index in [1.54, 1.807) is 12.1 Å². The van der Waals surface area contributed by atoms with Crippen molar-refractivity contribution < 1.29 is 10.0 Å². The average molecular weight is 323 g/mol. The second-order valence-electron chi connectivity index (χ2n) is 2.43. The topological polar surface area (TPSA) is 63.4 Å². The van der Waals surface area contributed by atoms with Crippen molar-refractivity contribution in [2.75, 3.05) is 0 Å². The van der Waals surface area contributed by atoms with Crippen LogP contribution in [0.15, 0.2) is 27.3 Å². The Morgan fingerprint density at radius 2 is 1.86 bits per heavy atom. The van der Waals surface area contributed by atoms with Gasteiger partial charge in [-0.15, -0.1) is 0 Å². The van der Waals surface area contributed by atoms with E-state index in [0.29, 0.717) is 14.5 Å². The Balaban J connectivity index is 3.07. The van der Waals surface area contributed by atoms with E-state index in [2.05, 4.69) is 31.9 Å². The largest absolute Gasteiger partial charge is 0.506 e. The highest BCUT2D eigenvalue weighted by Crippen LogP contribution is 2.33. The molecule has 4 nitrogen and oxygen atoms in total. The molecule has 0 radical (unpaired) electrons. The van der Waals surface area contributed by atoms with E-state index in [4.69, 9.17) is 0 Å². The second kappa shape index (κ2) is 4.56. The lowest BCUT2D eigenvalue weighted by atomic mass is 10.2. The van der Waals surface area contributed by atoms with E-state index in [9.17, 15) is 15.2 Å². The molecule has 0 fully saturated rings. The third kappa shape index (κ3) is 2.81. The monoisotopic (exact) mass is 321 g/mol. The summed E-state index contributed by atoms with van der Waals surface area (Å²) in [6, 6.07) is 3.17. The Kier molecular flexibility index (Phi) is 3.65. The van der Waals surface area contributed by atoms with Gasteiger partial charge in [0.15, 0.2) is 0 Å². The van der Waals surface area contributed by atoms with Crippen molar-refractivity contribution in [3.8, 4) is 5.75 Å². The molecular weight excluding hydrogens is 318 g/mol. The van der Waals surface area contributed by atoms with E-state index in [1.807, 2.05) is 0 Å². The van der Waals surface area contributed by atoms with Gasteiger partial charge in [0, 0.05) is 6.08 Å². The average Bonchev–Trinajstić information content (AvgIpc) is 2.10. The van der Waals surface area contributed by atoms with Gasteiger partial charge in [0.1, 0.15) is 5.75 Å². The minimum absolute atomic E-state index is 0.0725. The van der Waals surface area contributed by atoms with Crippen LogP contribution in [-0.2, 0) is 0 Å². The number of rotatable bonds is 2. The molecule has 1 aromatic carbocycles. The Morgan fingerprint density at radius 3 is 2.29 bits per heavy atom. The third-order valence-corrected chi connectivity index (χ3v) is 2.64. The maximum atomic E-state index is 10.1. The number of phenolic OH excluding ortho intramolecular Hbond substituents is 1. The van der Waals surface area contributed by atoms with Crippen LogP contribution in [0.3, 0.4) is 0 Å². The van der Waals surface area contributed by atoms with Gasteiger partial charge in [-0.3, -0.25) is 10.1 Å². The molecule has 0 saturated heterocycles. The van der Waals surface area contributed by atoms with Gasteiger partial charge in [0.2, 0.25) is 6.20 Å². The lowest BCUT2D eigenvalue weighted by Gasteiger charge is -2.01. The van der Waals surface area contributed by atoms with Crippen LogP contribution in [0.2, 0.25) is 0 Å². The molecule has 0 spiro atoms. The number of nitro groups is 1. The van der Waals surface area contributed by atoms with E-state index >= 15 is 0 Å². The molecule has 6 heteroatoms. The summed E-state index contributed by atoms with van der Waals surface area (Å²) in [4.78, 5) is 9.51. The van der Waals surface area contributed by atoms with E-state index in [1.165, 1.54) is 6.08 Å². The summed E-state index contributed by atoms with van der Waals surface area (Å²) in [6.45, 7) is 0. The predicted octanol–water partition coefficient (Wildman–Crippen LogP) is 3.16. The predicted molar refractivity (Wildman–Crippen MR) is 59.5 cm³/mol. The number of aromatic hydroxyl groups is 1. The zero-order chi connectivity index (χ0) is 10.7. The van der Waals surface area contributed by atoms with Crippen molar-refractivity contribution in [1.82, 2.24) is 0 Å². The summed E-state index contributed by atoms with van der Waals surface area (Å²) in [5, 5.41) is 19.4. The Labute approximate surface area is 96.7 Å². The van der Waals surface area contributed by atoms with Gasteiger partial charge >= 0.3 is 0 Å². The Bertz CT molecular complexity index is 381. The molecule has 0 aliphatic carbocycles. The number of phenols is 1. The fourth-order valence-corrected chi connectivity index (χ4v) is 2.05. The highest BCUT2D eigenvalue weighted by atomic mass is 79.9. The molecule has 0 saturated carbocycles. The van der Waals surface area contributed by atoms with Crippen molar-refractivity contribution >= 4 is 37.9 Å². The molecule has 0 heterocycles. The molecule has 0 amide bonds. The Morgan fingerprint density at radius 1 is 1.36 bits per heavy atom. The van der Waals surface area contributed by atoms with E-state index in [0.717, 1.165) is 6.20 Å². The van der Waals surface area contributed by atoms with Crippen molar-refractivity contribution in [1.29, 1.82) is 0 Å². The highest BCUT2D eigenvalue weighted by molar-refractivity contribution is 9.11. The zero-order valence-corrected chi connectivity index (χ0v) is 9.95. The fourth-order valence-electron chi connectivity index (χ4n) is 0.828. The van der Waals surface area contributed by atoms with Crippen molar-refractivity contribution in [3.63, 3.8) is 0 Å². The Hall–Kier alpha value is -0.880. The summed E-state index contributed by atoms with van der Waals surface area (Å²) < 4.78 is 0.963. The molecule has 0 aromatic heterocycles. The lowest BCUT2D eigenvalue weighted by Crippen LogP contribution is -1.83. The van der Waals surface area contributed by atoms with Crippen LogP contribution in [0.4, 0.5) is 0 Å². The molecule has 0 aliphatic rings. The molecule has 74 valence electrons. The zero-order valence-electron chi connectivity index (χ0n) is 6.78. The van der Waals surface area contributed by atoms with Crippen molar-refractivity contribution in [2.45, 2.75) is 0 Å². The van der Waals surface area contributed by atoms with Crippen LogP contribution in [-0.4, -0.2) is 10.0 Å². The maximum absolute atomic E-state index is 10.1. The molecule has 0 bridgehead atoms. The van der Waals surface area contributed by atoms with Gasteiger partial charge in [0.05, 0.1) is 13.9 Å². The summed E-state index contributed by atoms with van der Waals surface area (Å²) in [7, 11) is 0. The number of halogens is 2. The van der Waals surface area contributed by atoms with Crippen LogP contribution in [0.1, 0.15) is 5.56 Å². The minimum atomic E-state index is -0.547. The van der Waals surface area contributed by atoms with Gasteiger partial charge in [-0.05, 0) is 49.6 Å². The van der Waals surface area contributed by atoms with Crippen LogP contribution in [0, 0.1) is 10.1 Å². The lowest BCUT2D eigenvalue weighted by molar-refractivity contribution is -0.400. The van der Waals surface area contributed by atoms with Gasteiger partial charge in [-0.1, -0.05) is 0 Å². The molecule has 14 heavy (non-hydrogen) atoms. The third-order valence-electron chi connectivity index (χ3n) is 1.43. The smallest absolute Gasteiger partial charge is 0.235 e. The van der Waals surface area contributed by atoms with E-state index < -0.39 is 4.92 Å². The number of hydrogen-bond acceptors (Lipinski definition) is 3. The summed E-state index contributed by atoms with van der Waals surface area (Å²) in [5.74, 6) is 0.0725. The second-order valence-corrected chi connectivity index (χ2v) is 4.14. The molecule has 1 rings (SSSR count). The standard InChI is InChI=1S/C8H5Br2NO3/c9-6-3-5(1-2-11(13)14)4-7(10)8(6)12/h1-4,12H/b2-1-. The van der Waals surface area contributed by atoms with Crippen LogP contribution in [0.25, 0.3) is 6.08 Å².